The molecule has 2 rings (SSSR count). The Hall–Kier alpha value is -2.62. The lowest BCUT2D eigenvalue weighted by molar-refractivity contribution is -0.111. The fourth-order valence-electron chi connectivity index (χ4n) is 1.53. The van der Waals surface area contributed by atoms with Crippen molar-refractivity contribution in [1.82, 2.24) is 4.98 Å². The molecular weight excluding hydrogens is 240 g/mol. The number of rotatable bonds is 4. The number of nitrogens with one attached hydrogen (secondary N) is 1. The molecule has 1 N–H and O–H groups in total. The van der Waals surface area contributed by atoms with Crippen LogP contribution in [0.3, 0.4) is 0 Å². The summed E-state index contributed by atoms with van der Waals surface area (Å²) >= 11 is 0. The quantitative estimate of drug-likeness (QED) is 0.853. The van der Waals surface area contributed by atoms with Crippen LogP contribution in [0.2, 0.25) is 0 Å². The van der Waals surface area contributed by atoms with Crippen LogP contribution >= 0.6 is 0 Å². The number of benzene rings is 1. The van der Waals surface area contributed by atoms with E-state index in [1.54, 1.807) is 37.7 Å². The lowest BCUT2D eigenvalue weighted by Gasteiger charge is -2.04. The van der Waals surface area contributed by atoms with E-state index in [4.69, 9.17) is 4.74 Å². The molecule has 0 spiro atoms. The van der Waals surface area contributed by atoms with E-state index in [9.17, 15) is 4.79 Å². The highest BCUT2D eigenvalue weighted by atomic mass is 16.5. The molecule has 2 aromatic rings. The van der Waals surface area contributed by atoms with Crippen molar-refractivity contribution >= 4 is 17.7 Å². The van der Waals surface area contributed by atoms with E-state index in [0.29, 0.717) is 11.4 Å². The summed E-state index contributed by atoms with van der Waals surface area (Å²) in [6.07, 6.45) is 6.56. The Morgan fingerprint density at radius 1 is 1.32 bits per heavy atom. The summed E-state index contributed by atoms with van der Waals surface area (Å²) in [5.41, 5.74) is 1.57. The summed E-state index contributed by atoms with van der Waals surface area (Å²) in [4.78, 5) is 15.7. The number of aromatic nitrogens is 1. The molecule has 0 saturated heterocycles. The standard InChI is InChI=1S/C15H14N2O2/c1-19-14-6-2-5-13(10-14)17-15(18)8-7-12-4-3-9-16-11-12/h2-11H,1H3,(H,17,18)/b8-7+. The van der Waals surface area contributed by atoms with Crippen molar-refractivity contribution in [2.45, 2.75) is 0 Å². The van der Waals surface area contributed by atoms with E-state index >= 15 is 0 Å². The second kappa shape index (κ2) is 6.35. The molecule has 1 aromatic heterocycles. The third kappa shape index (κ3) is 3.96. The number of anilines is 1. The normalized spacial score (nSPS) is 10.4. The summed E-state index contributed by atoms with van der Waals surface area (Å²) in [6.45, 7) is 0. The summed E-state index contributed by atoms with van der Waals surface area (Å²) < 4.78 is 5.09. The zero-order valence-corrected chi connectivity index (χ0v) is 10.5. The minimum absolute atomic E-state index is 0.197. The molecule has 0 fully saturated rings. The van der Waals surface area contributed by atoms with Crippen molar-refractivity contribution in [3.63, 3.8) is 0 Å². The highest BCUT2D eigenvalue weighted by Crippen LogP contribution is 2.16. The average molecular weight is 254 g/mol. The van der Waals surface area contributed by atoms with E-state index in [2.05, 4.69) is 10.3 Å². The van der Waals surface area contributed by atoms with Gasteiger partial charge in [0.25, 0.3) is 0 Å². The first-order valence-electron chi connectivity index (χ1n) is 5.81. The molecule has 0 aliphatic carbocycles. The first-order chi connectivity index (χ1) is 9.28. The molecule has 0 aliphatic heterocycles. The van der Waals surface area contributed by atoms with Gasteiger partial charge in [-0.25, -0.2) is 0 Å². The van der Waals surface area contributed by atoms with Gasteiger partial charge in [0.1, 0.15) is 5.75 Å². The Morgan fingerprint density at radius 3 is 2.95 bits per heavy atom. The molecule has 0 unspecified atom stereocenters. The van der Waals surface area contributed by atoms with Crippen molar-refractivity contribution in [2.24, 2.45) is 0 Å². The molecular formula is C15H14N2O2. The first-order valence-corrected chi connectivity index (χ1v) is 5.81. The first kappa shape index (κ1) is 12.8. The molecule has 19 heavy (non-hydrogen) atoms. The number of nitrogens with zero attached hydrogens (tertiary/aromatic N) is 1. The fourth-order valence-corrected chi connectivity index (χ4v) is 1.53. The Morgan fingerprint density at radius 2 is 2.21 bits per heavy atom. The minimum atomic E-state index is -0.197. The van der Waals surface area contributed by atoms with Crippen LogP contribution in [-0.4, -0.2) is 18.0 Å². The molecule has 0 bridgehead atoms. The maximum atomic E-state index is 11.7. The molecule has 0 radical (unpaired) electrons. The number of carbonyl (C=O) groups is 1. The fraction of sp³-hybridized carbons (Fsp3) is 0.0667. The average Bonchev–Trinajstić information content (AvgIpc) is 2.46. The van der Waals surface area contributed by atoms with Gasteiger partial charge in [0.2, 0.25) is 5.91 Å². The number of ether oxygens (including phenoxy) is 1. The van der Waals surface area contributed by atoms with Gasteiger partial charge in [0.05, 0.1) is 7.11 Å². The number of methoxy groups -OCH3 is 1. The molecule has 4 heteroatoms. The van der Waals surface area contributed by atoms with Gasteiger partial charge in [-0.3, -0.25) is 9.78 Å². The second-order valence-electron chi connectivity index (χ2n) is 3.84. The maximum absolute atomic E-state index is 11.7. The number of hydrogen-bond acceptors (Lipinski definition) is 3. The molecule has 1 aromatic carbocycles. The van der Waals surface area contributed by atoms with Gasteiger partial charge in [-0.2, -0.15) is 0 Å². The zero-order valence-electron chi connectivity index (χ0n) is 10.5. The smallest absolute Gasteiger partial charge is 0.248 e. The van der Waals surface area contributed by atoms with Gasteiger partial charge in [0.15, 0.2) is 0 Å². The number of amides is 1. The minimum Gasteiger partial charge on any atom is -0.497 e. The summed E-state index contributed by atoms with van der Waals surface area (Å²) in [6, 6.07) is 10.9. The highest BCUT2D eigenvalue weighted by Gasteiger charge is 1.99. The van der Waals surface area contributed by atoms with Gasteiger partial charge in [-0.1, -0.05) is 12.1 Å². The molecule has 96 valence electrons. The van der Waals surface area contributed by atoms with E-state index < -0.39 is 0 Å². The molecule has 1 amide bonds. The lowest BCUT2D eigenvalue weighted by Crippen LogP contribution is -2.07. The zero-order chi connectivity index (χ0) is 13.5. The van der Waals surface area contributed by atoms with Crippen LogP contribution in [-0.2, 0) is 4.79 Å². The second-order valence-corrected chi connectivity index (χ2v) is 3.84. The Bertz CT molecular complexity index is 580. The molecule has 0 atom stereocenters. The highest BCUT2D eigenvalue weighted by molar-refractivity contribution is 6.01. The Kier molecular flexibility index (Phi) is 4.29. The van der Waals surface area contributed by atoms with E-state index in [1.807, 2.05) is 24.3 Å². The number of pyridine rings is 1. The van der Waals surface area contributed by atoms with Crippen LogP contribution in [0.25, 0.3) is 6.08 Å². The van der Waals surface area contributed by atoms with Crippen LogP contribution < -0.4 is 10.1 Å². The van der Waals surface area contributed by atoms with Crippen LogP contribution in [0.1, 0.15) is 5.56 Å². The van der Waals surface area contributed by atoms with Crippen LogP contribution in [0.5, 0.6) is 5.75 Å². The third-order valence-electron chi connectivity index (χ3n) is 2.45. The number of carbonyl (C=O) groups excluding carboxylic acids is 1. The van der Waals surface area contributed by atoms with Crippen molar-refractivity contribution in [3.8, 4) is 5.75 Å². The molecule has 0 saturated carbocycles. The molecule has 1 heterocycles. The SMILES string of the molecule is COc1cccc(NC(=O)/C=C/c2cccnc2)c1. The lowest BCUT2D eigenvalue weighted by atomic mass is 10.2. The van der Waals surface area contributed by atoms with Gasteiger partial charge in [-0.05, 0) is 29.8 Å². The van der Waals surface area contributed by atoms with Gasteiger partial charge in [0, 0.05) is 30.2 Å². The van der Waals surface area contributed by atoms with Gasteiger partial charge >= 0.3 is 0 Å². The van der Waals surface area contributed by atoms with Gasteiger partial charge < -0.3 is 10.1 Å². The van der Waals surface area contributed by atoms with Crippen molar-refractivity contribution in [2.75, 3.05) is 12.4 Å². The number of hydrogen-bond donors (Lipinski definition) is 1. The van der Waals surface area contributed by atoms with Crippen LogP contribution in [0.4, 0.5) is 5.69 Å². The maximum Gasteiger partial charge on any atom is 0.248 e. The van der Waals surface area contributed by atoms with Gasteiger partial charge in [-0.15, -0.1) is 0 Å². The largest absolute Gasteiger partial charge is 0.497 e. The van der Waals surface area contributed by atoms with E-state index in [0.717, 1.165) is 5.56 Å². The topological polar surface area (TPSA) is 51.2 Å². The van der Waals surface area contributed by atoms with Crippen LogP contribution in [0, 0.1) is 0 Å². The predicted octanol–water partition coefficient (Wildman–Crippen LogP) is 2.74. The monoisotopic (exact) mass is 254 g/mol. The third-order valence-corrected chi connectivity index (χ3v) is 2.45. The van der Waals surface area contributed by atoms with Crippen LogP contribution in [0.15, 0.2) is 54.9 Å². The molecule has 4 nitrogen and oxygen atoms in total. The van der Waals surface area contributed by atoms with Crippen molar-refractivity contribution in [3.05, 3.63) is 60.4 Å². The Labute approximate surface area is 111 Å². The summed E-state index contributed by atoms with van der Waals surface area (Å²) in [5.74, 6) is 0.506. The molecule has 0 aliphatic rings. The Balaban J connectivity index is 1.99. The van der Waals surface area contributed by atoms with E-state index in [-0.39, 0.29) is 5.91 Å². The van der Waals surface area contributed by atoms with E-state index in [1.165, 1.54) is 6.08 Å². The summed E-state index contributed by atoms with van der Waals surface area (Å²) in [7, 11) is 1.59. The van der Waals surface area contributed by atoms with Crippen molar-refractivity contribution in [1.29, 1.82) is 0 Å². The predicted molar refractivity (Wildman–Crippen MR) is 74.9 cm³/mol. The van der Waals surface area contributed by atoms with Crippen molar-refractivity contribution < 1.29 is 9.53 Å². The summed E-state index contributed by atoms with van der Waals surface area (Å²) in [5, 5.41) is 2.76.